The summed E-state index contributed by atoms with van der Waals surface area (Å²) in [6, 6.07) is 0. The minimum Gasteiger partial charge on any atom is -0.453 e. The summed E-state index contributed by atoms with van der Waals surface area (Å²) in [4.78, 5) is 26.2. The third kappa shape index (κ3) is 3.79. The Hall–Kier alpha value is -1.14. The highest BCUT2D eigenvalue weighted by molar-refractivity contribution is 7.14. The van der Waals surface area contributed by atoms with E-state index in [1.807, 2.05) is 0 Å². The minimum absolute atomic E-state index is 0.297. The van der Waals surface area contributed by atoms with Gasteiger partial charge < -0.3 is 4.74 Å². The number of amides is 1. The molecule has 1 N–H and O–H groups in total. The molecule has 0 radical (unpaired) electrons. The lowest BCUT2D eigenvalue weighted by Gasteiger charge is -2.10. The summed E-state index contributed by atoms with van der Waals surface area (Å²) in [6.07, 6.45) is -0.833. The van der Waals surface area contributed by atoms with Gasteiger partial charge in [-0.05, 0) is 6.92 Å². The van der Waals surface area contributed by atoms with E-state index in [9.17, 15) is 9.59 Å². The summed E-state index contributed by atoms with van der Waals surface area (Å²) in [5, 5.41) is 4.73. The fourth-order valence-electron chi connectivity index (χ4n) is 0.935. The molecule has 1 heterocycles. The molecule has 0 aromatic carbocycles. The van der Waals surface area contributed by atoms with Gasteiger partial charge in [0.05, 0.1) is 11.6 Å². The van der Waals surface area contributed by atoms with Crippen molar-refractivity contribution in [3.05, 3.63) is 11.1 Å². The molecule has 1 aromatic heterocycles. The van der Waals surface area contributed by atoms with Gasteiger partial charge in [-0.25, -0.2) is 4.98 Å². The fraction of sp³-hybridized carbons (Fsp3) is 0.444. The van der Waals surface area contributed by atoms with Gasteiger partial charge in [0.25, 0.3) is 5.91 Å². The van der Waals surface area contributed by atoms with E-state index in [1.165, 1.54) is 25.2 Å². The van der Waals surface area contributed by atoms with Crippen molar-refractivity contribution in [1.29, 1.82) is 0 Å². The van der Waals surface area contributed by atoms with Gasteiger partial charge in [0.2, 0.25) is 0 Å². The van der Waals surface area contributed by atoms with Gasteiger partial charge in [0.1, 0.15) is 0 Å². The normalized spacial score (nSPS) is 11.9. The number of esters is 1. The van der Waals surface area contributed by atoms with Crippen LogP contribution >= 0.6 is 22.9 Å². The van der Waals surface area contributed by atoms with Crippen molar-refractivity contribution in [1.82, 2.24) is 4.98 Å². The summed E-state index contributed by atoms with van der Waals surface area (Å²) in [5.41, 5.74) is 0.696. The van der Waals surface area contributed by atoms with Crippen LogP contribution in [0.15, 0.2) is 5.38 Å². The lowest BCUT2D eigenvalue weighted by atomic mass is 10.4. The fourth-order valence-corrected chi connectivity index (χ4v) is 1.88. The Bertz CT molecular complexity index is 394. The van der Waals surface area contributed by atoms with Crippen LogP contribution in [0.3, 0.4) is 0 Å². The molecule has 7 heteroatoms. The van der Waals surface area contributed by atoms with E-state index in [-0.39, 0.29) is 0 Å². The van der Waals surface area contributed by atoms with Crippen LogP contribution in [-0.4, -0.2) is 23.0 Å². The van der Waals surface area contributed by atoms with Crippen molar-refractivity contribution in [3.63, 3.8) is 0 Å². The number of carbonyl (C=O) groups excluding carboxylic acids is 2. The molecule has 0 bridgehead atoms. The first-order chi connectivity index (χ1) is 7.52. The molecule has 0 aliphatic rings. The van der Waals surface area contributed by atoms with Gasteiger partial charge in [0.15, 0.2) is 11.2 Å². The molecule has 0 fully saturated rings. The smallest absolute Gasteiger partial charge is 0.303 e. The Labute approximate surface area is 102 Å². The largest absolute Gasteiger partial charge is 0.453 e. The van der Waals surface area contributed by atoms with Crippen LogP contribution in [0.1, 0.15) is 19.5 Å². The van der Waals surface area contributed by atoms with Crippen molar-refractivity contribution in [2.24, 2.45) is 0 Å². The topological polar surface area (TPSA) is 68.3 Å². The third-order valence-electron chi connectivity index (χ3n) is 1.63. The average molecular weight is 263 g/mol. The minimum atomic E-state index is -0.833. The van der Waals surface area contributed by atoms with Gasteiger partial charge in [-0.2, -0.15) is 0 Å². The lowest BCUT2D eigenvalue weighted by Crippen LogP contribution is -2.29. The molecular formula is C9H11ClN2O3S. The second-order valence-corrected chi connectivity index (χ2v) is 4.14. The molecule has 16 heavy (non-hydrogen) atoms. The van der Waals surface area contributed by atoms with E-state index in [4.69, 9.17) is 16.3 Å². The zero-order chi connectivity index (χ0) is 12.1. The molecule has 1 rings (SSSR count). The average Bonchev–Trinajstić information content (AvgIpc) is 2.64. The number of aromatic nitrogens is 1. The molecule has 0 saturated carbocycles. The molecule has 5 nitrogen and oxygen atoms in total. The number of nitrogens with zero attached hydrogens (tertiary/aromatic N) is 1. The lowest BCUT2D eigenvalue weighted by molar-refractivity contribution is -0.150. The van der Waals surface area contributed by atoms with Crippen molar-refractivity contribution < 1.29 is 14.3 Å². The second kappa shape index (κ2) is 5.81. The van der Waals surface area contributed by atoms with Crippen LogP contribution in [0.5, 0.6) is 0 Å². The van der Waals surface area contributed by atoms with Crippen LogP contribution in [0.25, 0.3) is 0 Å². The Morgan fingerprint density at radius 1 is 1.69 bits per heavy atom. The number of nitrogens with one attached hydrogen (secondary N) is 1. The highest BCUT2D eigenvalue weighted by Crippen LogP contribution is 2.16. The van der Waals surface area contributed by atoms with E-state index in [2.05, 4.69) is 10.3 Å². The zero-order valence-electron chi connectivity index (χ0n) is 8.82. The predicted octanol–water partition coefficient (Wildman–Crippen LogP) is 1.77. The molecule has 1 amide bonds. The number of anilines is 1. The Balaban J connectivity index is 2.53. The van der Waals surface area contributed by atoms with Crippen molar-refractivity contribution in [2.45, 2.75) is 25.8 Å². The maximum Gasteiger partial charge on any atom is 0.303 e. The molecule has 1 atom stereocenters. The van der Waals surface area contributed by atoms with Crippen LogP contribution in [0.4, 0.5) is 5.13 Å². The highest BCUT2D eigenvalue weighted by Gasteiger charge is 2.16. The van der Waals surface area contributed by atoms with Crippen LogP contribution in [-0.2, 0) is 20.2 Å². The predicted molar refractivity (Wildman–Crippen MR) is 61.5 cm³/mol. The standard InChI is InChI=1S/C9H11ClN2O3S/c1-5(15-6(2)13)8(14)12-9-11-7(3-10)4-16-9/h4-5H,3H2,1-2H3,(H,11,12,14)/t5-/m0/s1. The van der Waals surface area contributed by atoms with Crippen molar-refractivity contribution >= 4 is 39.9 Å². The van der Waals surface area contributed by atoms with E-state index in [0.29, 0.717) is 16.7 Å². The molecule has 88 valence electrons. The van der Waals surface area contributed by atoms with Gasteiger partial charge in [-0.3, -0.25) is 14.9 Å². The number of rotatable bonds is 4. The number of halogens is 1. The summed E-state index contributed by atoms with van der Waals surface area (Å²) in [5.74, 6) is -0.611. The molecule has 0 aliphatic carbocycles. The van der Waals surface area contributed by atoms with Crippen LogP contribution in [0, 0.1) is 0 Å². The summed E-state index contributed by atoms with van der Waals surface area (Å²) >= 11 is 6.84. The quantitative estimate of drug-likeness (QED) is 0.663. The molecule has 0 unspecified atom stereocenters. The molecular weight excluding hydrogens is 252 g/mol. The third-order valence-corrected chi connectivity index (χ3v) is 2.71. The second-order valence-electron chi connectivity index (χ2n) is 3.02. The van der Waals surface area contributed by atoms with Gasteiger partial charge in [0, 0.05) is 12.3 Å². The molecule has 0 aliphatic heterocycles. The zero-order valence-corrected chi connectivity index (χ0v) is 10.4. The molecule has 0 spiro atoms. The van der Waals surface area contributed by atoms with E-state index in [1.54, 1.807) is 5.38 Å². The van der Waals surface area contributed by atoms with Crippen molar-refractivity contribution in [3.8, 4) is 0 Å². The number of hydrogen-bond acceptors (Lipinski definition) is 5. The summed E-state index contributed by atoms with van der Waals surface area (Å²) < 4.78 is 4.72. The maximum atomic E-state index is 11.5. The monoisotopic (exact) mass is 262 g/mol. The molecule has 0 saturated heterocycles. The number of hydrogen-bond donors (Lipinski definition) is 1. The summed E-state index contributed by atoms with van der Waals surface area (Å²) in [7, 11) is 0. The number of ether oxygens (including phenoxy) is 1. The van der Waals surface area contributed by atoms with Crippen LogP contribution < -0.4 is 5.32 Å². The van der Waals surface area contributed by atoms with Crippen molar-refractivity contribution in [2.75, 3.05) is 5.32 Å². The first-order valence-corrected chi connectivity index (χ1v) is 5.92. The Morgan fingerprint density at radius 3 is 2.88 bits per heavy atom. The molecule has 1 aromatic rings. The van der Waals surface area contributed by atoms with Crippen LogP contribution in [0.2, 0.25) is 0 Å². The first-order valence-electron chi connectivity index (χ1n) is 4.51. The van der Waals surface area contributed by atoms with E-state index >= 15 is 0 Å². The van der Waals surface area contributed by atoms with Gasteiger partial charge in [-0.1, -0.05) is 0 Å². The SMILES string of the molecule is CC(=O)O[C@@H](C)C(=O)Nc1nc(CCl)cs1. The van der Waals surface area contributed by atoms with E-state index < -0.39 is 18.0 Å². The van der Waals surface area contributed by atoms with Gasteiger partial charge >= 0.3 is 5.97 Å². The Morgan fingerprint density at radius 2 is 2.38 bits per heavy atom. The first kappa shape index (κ1) is 12.9. The summed E-state index contributed by atoms with van der Waals surface area (Å²) in [6.45, 7) is 2.74. The number of carbonyl (C=O) groups is 2. The highest BCUT2D eigenvalue weighted by atomic mass is 35.5. The van der Waals surface area contributed by atoms with Gasteiger partial charge in [-0.15, -0.1) is 22.9 Å². The maximum absolute atomic E-state index is 11.5. The van der Waals surface area contributed by atoms with E-state index in [0.717, 1.165) is 0 Å². The Kier molecular flexibility index (Phi) is 4.70. The number of thiazole rings is 1. The number of alkyl halides is 1.